The summed E-state index contributed by atoms with van der Waals surface area (Å²) < 4.78 is 23.6. The van der Waals surface area contributed by atoms with Gasteiger partial charge in [-0.3, -0.25) is 4.90 Å². The van der Waals surface area contributed by atoms with Gasteiger partial charge in [-0.05, 0) is 28.8 Å². The number of aliphatic hydroxyl groups is 1. The van der Waals surface area contributed by atoms with Crippen molar-refractivity contribution in [2.75, 3.05) is 45.3 Å². The number of amides is 2. The Kier molecular flexibility index (Phi) is 11.0. The second kappa shape index (κ2) is 15.3. The summed E-state index contributed by atoms with van der Waals surface area (Å²) in [4.78, 5) is 27.5. The third kappa shape index (κ3) is 8.22. The van der Waals surface area contributed by atoms with Gasteiger partial charge in [-0.25, -0.2) is 9.59 Å². The van der Waals surface area contributed by atoms with Crippen molar-refractivity contribution in [3.8, 4) is 0 Å². The lowest BCUT2D eigenvalue weighted by molar-refractivity contribution is -0.277. The first-order valence-corrected chi connectivity index (χ1v) is 15.0. The molecule has 5 atom stereocenters. The van der Waals surface area contributed by atoms with E-state index in [1.807, 2.05) is 66.7 Å². The predicted molar refractivity (Wildman–Crippen MR) is 165 cm³/mol. The van der Waals surface area contributed by atoms with E-state index in [1.54, 1.807) is 12.1 Å². The molecule has 2 amide bonds. The van der Waals surface area contributed by atoms with Crippen molar-refractivity contribution in [3.63, 3.8) is 0 Å². The van der Waals surface area contributed by atoms with Crippen molar-refractivity contribution in [3.05, 3.63) is 101 Å². The van der Waals surface area contributed by atoms with Crippen LogP contribution in [0.3, 0.4) is 0 Å². The summed E-state index contributed by atoms with van der Waals surface area (Å²) in [5, 5.41) is 15.0. The fourth-order valence-electron chi connectivity index (χ4n) is 5.60. The van der Waals surface area contributed by atoms with E-state index in [0.29, 0.717) is 25.3 Å². The molecule has 2 aliphatic rings. The molecule has 0 aliphatic carbocycles. The quantitative estimate of drug-likeness (QED) is 0.295. The molecule has 0 aromatic heterocycles. The Morgan fingerprint density at radius 3 is 2.27 bits per heavy atom. The molecule has 0 radical (unpaired) electrons. The minimum atomic E-state index is -0.834. The number of aliphatic hydroxyl groups excluding tert-OH is 1. The van der Waals surface area contributed by atoms with Crippen molar-refractivity contribution >= 4 is 17.7 Å². The van der Waals surface area contributed by atoms with Gasteiger partial charge in [0.1, 0.15) is 6.04 Å². The predicted octanol–water partition coefficient (Wildman–Crippen LogP) is 4.21. The summed E-state index contributed by atoms with van der Waals surface area (Å²) in [6, 6.07) is 23.3. The number of morpholine rings is 1. The molecule has 44 heavy (non-hydrogen) atoms. The highest BCUT2D eigenvalue weighted by molar-refractivity contribution is 5.92. The molecule has 3 aromatic carbocycles. The summed E-state index contributed by atoms with van der Waals surface area (Å²) in [6.07, 6.45) is -0.601. The van der Waals surface area contributed by atoms with E-state index in [4.69, 9.17) is 18.9 Å². The van der Waals surface area contributed by atoms with Crippen LogP contribution in [0.1, 0.15) is 41.6 Å². The van der Waals surface area contributed by atoms with E-state index in [2.05, 4.69) is 22.5 Å². The zero-order valence-electron chi connectivity index (χ0n) is 25.2. The largest absolute Gasteiger partial charge is 0.467 e. The van der Waals surface area contributed by atoms with E-state index in [9.17, 15) is 14.7 Å². The van der Waals surface area contributed by atoms with Crippen LogP contribution in [0.5, 0.6) is 0 Å². The fourth-order valence-corrected chi connectivity index (χ4v) is 5.60. The summed E-state index contributed by atoms with van der Waals surface area (Å²) in [6.45, 7) is 6.04. The van der Waals surface area contributed by atoms with Gasteiger partial charge in [0.25, 0.3) is 0 Å². The highest BCUT2D eigenvalue weighted by atomic mass is 16.7. The molecule has 0 saturated carbocycles. The normalized spacial score (nSPS) is 23.0. The number of ether oxygens (including phenoxy) is 4. The molecule has 234 valence electrons. The van der Waals surface area contributed by atoms with Crippen LogP contribution in [0.25, 0.3) is 0 Å². The second-order valence-electron chi connectivity index (χ2n) is 11.2. The van der Waals surface area contributed by atoms with Gasteiger partial charge < -0.3 is 34.7 Å². The molecule has 2 fully saturated rings. The third-order valence-electron chi connectivity index (χ3n) is 8.18. The summed E-state index contributed by atoms with van der Waals surface area (Å²) in [7, 11) is 1.30. The van der Waals surface area contributed by atoms with Gasteiger partial charge in [0, 0.05) is 43.2 Å². The average molecular weight is 604 g/mol. The number of esters is 1. The molecule has 10 nitrogen and oxygen atoms in total. The SMILES string of the molecule is COC(=O)[C@H](Cc1ccccc1)NC(=O)Nc1ccc([C@H]2O[C@@H](CN3CCOCC3)[C@@H](C)[C@@H](c3ccc(CO)cc3)O2)cc1. The Labute approximate surface area is 258 Å². The first-order valence-electron chi connectivity index (χ1n) is 15.0. The van der Waals surface area contributed by atoms with Gasteiger partial charge in [-0.15, -0.1) is 0 Å². The van der Waals surface area contributed by atoms with Crippen LogP contribution in [0.15, 0.2) is 78.9 Å². The lowest BCUT2D eigenvalue weighted by atomic mass is 9.90. The Morgan fingerprint density at radius 2 is 1.61 bits per heavy atom. The average Bonchev–Trinajstić information content (AvgIpc) is 3.06. The molecule has 0 unspecified atom stereocenters. The molecule has 0 bridgehead atoms. The molecular weight excluding hydrogens is 562 g/mol. The van der Waals surface area contributed by atoms with Crippen molar-refractivity contribution in [1.82, 2.24) is 10.2 Å². The number of benzene rings is 3. The Balaban J connectivity index is 1.27. The number of carbonyl (C=O) groups is 2. The number of urea groups is 1. The maximum atomic E-state index is 12.8. The van der Waals surface area contributed by atoms with Crippen LogP contribution in [0.2, 0.25) is 0 Å². The van der Waals surface area contributed by atoms with Gasteiger partial charge in [-0.2, -0.15) is 0 Å². The fraction of sp³-hybridized carbons (Fsp3) is 0.412. The van der Waals surface area contributed by atoms with E-state index < -0.39 is 24.3 Å². The molecule has 3 N–H and O–H groups in total. The molecule has 3 aromatic rings. The number of hydrogen-bond donors (Lipinski definition) is 3. The number of anilines is 1. The second-order valence-corrected chi connectivity index (χ2v) is 11.2. The Bertz CT molecular complexity index is 1350. The number of hydrogen-bond acceptors (Lipinski definition) is 8. The van der Waals surface area contributed by atoms with Gasteiger partial charge in [0.2, 0.25) is 0 Å². The summed E-state index contributed by atoms with van der Waals surface area (Å²) in [5.74, 6) is -0.440. The Morgan fingerprint density at radius 1 is 0.932 bits per heavy atom. The smallest absolute Gasteiger partial charge is 0.328 e. The van der Waals surface area contributed by atoms with Crippen LogP contribution in [-0.4, -0.2) is 74.1 Å². The number of rotatable bonds is 10. The number of nitrogens with one attached hydrogen (secondary N) is 2. The van der Waals surface area contributed by atoms with Crippen LogP contribution in [0.4, 0.5) is 10.5 Å². The van der Waals surface area contributed by atoms with Crippen LogP contribution >= 0.6 is 0 Å². The zero-order chi connectivity index (χ0) is 30.9. The topological polar surface area (TPSA) is 119 Å². The van der Waals surface area contributed by atoms with Gasteiger partial charge >= 0.3 is 12.0 Å². The van der Waals surface area contributed by atoms with Crippen molar-refractivity contribution < 1.29 is 33.6 Å². The van der Waals surface area contributed by atoms with Crippen LogP contribution < -0.4 is 10.6 Å². The van der Waals surface area contributed by atoms with Gasteiger partial charge in [0.05, 0.1) is 39.1 Å². The lowest BCUT2D eigenvalue weighted by Crippen LogP contribution is -2.47. The first-order chi connectivity index (χ1) is 21.4. The van der Waals surface area contributed by atoms with Gasteiger partial charge in [-0.1, -0.05) is 73.7 Å². The van der Waals surface area contributed by atoms with Crippen molar-refractivity contribution in [1.29, 1.82) is 0 Å². The number of methoxy groups -OCH3 is 1. The maximum Gasteiger partial charge on any atom is 0.328 e. The number of carbonyl (C=O) groups excluding carboxylic acids is 2. The Hall–Kier alpha value is -3.80. The number of nitrogens with zero attached hydrogens (tertiary/aromatic N) is 1. The highest BCUT2D eigenvalue weighted by Crippen LogP contribution is 2.42. The first kappa shape index (κ1) is 31.6. The van der Waals surface area contributed by atoms with Crippen LogP contribution in [0, 0.1) is 5.92 Å². The van der Waals surface area contributed by atoms with E-state index >= 15 is 0 Å². The standard InChI is InChI=1S/C34H41N3O7/c1-23-30(21-37-16-18-42-19-17-37)43-33(44-31(23)26-10-8-25(22-38)9-11-26)27-12-14-28(15-13-27)35-34(40)36-29(32(39)41-2)20-24-6-4-3-5-7-24/h3-15,23,29-31,33,38H,16-22H2,1-2H3,(H2,35,36,40)/t23-,29+,30+,31+,33+/m1/s1. The van der Waals surface area contributed by atoms with Crippen LogP contribution in [-0.2, 0) is 36.8 Å². The molecule has 2 heterocycles. The van der Waals surface area contributed by atoms with Gasteiger partial charge in [0.15, 0.2) is 6.29 Å². The van der Waals surface area contributed by atoms with E-state index in [0.717, 1.165) is 41.9 Å². The maximum absolute atomic E-state index is 12.8. The van der Waals surface area contributed by atoms with E-state index in [-0.39, 0.29) is 24.7 Å². The molecule has 10 heteroatoms. The van der Waals surface area contributed by atoms with Crippen molar-refractivity contribution in [2.45, 2.75) is 44.5 Å². The minimum absolute atomic E-state index is 0.0124. The summed E-state index contributed by atoms with van der Waals surface area (Å²) >= 11 is 0. The monoisotopic (exact) mass is 603 g/mol. The molecule has 2 saturated heterocycles. The zero-order valence-corrected chi connectivity index (χ0v) is 25.2. The summed E-state index contributed by atoms with van der Waals surface area (Å²) in [5.41, 5.74) is 4.16. The van der Waals surface area contributed by atoms with Crippen molar-refractivity contribution in [2.24, 2.45) is 5.92 Å². The third-order valence-corrected chi connectivity index (χ3v) is 8.18. The van der Waals surface area contributed by atoms with E-state index in [1.165, 1.54) is 7.11 Å². The lowest BCUT2D eigenvalue weighted by Gasteiger charge is -2.43. The highest BCUT2D eigenvalue weighted by Gasteiger charge is 2.39. The molecule has 2 aliphatic heterocycles. The molecule has 0 spiro atoms. The minimum Gasteiger partial charge on any atom is -0.467 e. The molecule has 5 rings (SSSR count). The molecular formula is C34H41N3O7.